The van der Waals surface area contributed by atoms with Gasteiger partial charge in [-0.25, -0.2) is 5.10 Å². The number of fused-ring (bicyclic) bond motifs is 1. The van der Waals surface area contributed by atoms with E-state index in [9.17, 15) is 9.59 Å². The normalized spacial score (nSPS) is 12.3. The van der Waals surface area contributed by atoms with Crippen molar-refractivity contribution in [2.45, 2.75) is 32.7 Å². The maximum absolute atomic E-state index is 12.7. The van der Waals surface area contributed by atoms with Gasteiger partial charge in [0.05, 0.1) is 23.5 Å². The number of aromatic amines is 1. The summed E-state index contributed by atoms with van der Waals surface area (Å²) < 4.78 is 0. The third kappa shape index (κ3) is 4.17. The number of nitrogens with one attached hydrogen (secondary N) is 2. The molecule has 5 heteroatoms. The Balaban J connectivity index is 1.81. The first-order valence-electron chi connectivity index (χ1n) is 8.85. The quantitative estimate of drug-likeness (QED) is 0.716. The molecule has 2 aromatic carbocycles. The molecule has 0 bridgehead atoms. The number of nitrogens with zero attached hydrogens (tertiary/aromatic N) is 1. The number of carbonyl (C=O) groups excluding carboxylic acids is 1. The van der Waals surface area contributed by atoms with Gasteiger partial charge in [-0.15, -0.1) is 0 Å². The molecule has 0 fully saturated rings. The lowest BCUT2D eigenvalue weighted by molar-refractivity contribution is -0.121. The van der Waals surface area contributed by atoms with Gasteiger partial charge in [-0.2, -0.15) is 5.10 Å². The average molecular weight is 349 g/mol. The zero-order valence-corrected chi connectivity index (χ0v) is 15.0. The highest BCUT2D eigenvalue weighted by molar-refractivity contribution is 5.88. The Morgan fingerprint density at radius 1 is 1.04 bits per heavy atom. The van der Waals surface area contributed by atoms with Crippen LogP contribution in [0.4, 0.5) is 0 Å². The third-order valence-corrected chi connectivity index (χ3v) is 4.35. The molecule has 0 aliphatic carbocycles. The van der Waals surface area contributed by atoms with Gasteiger partial charge in [0.15, 0.2) is 0 Å². The van der Waals surface area contributed by atoms with Crippen LogP contribution < -0.4 is 10.9 Å². The van der Waals surface area contributed by atoms with E-state index in [0.29, 0.717) is 22.4 Å². The summed E-state index contributed by atoms with van der Waals surface area (Å²) in [4.78, 5) is 24.5. The number of benzene rings is 2. The summed E-state index contributed by atoms with van der Waals surface area (Å²) in [5.41, 5.74) is 1.43. The molecule has 0 aliphatic rings. The largest absolute Gasteiger partial charge is 0.349 e. The second-order valence-corrected chi connectivity index (χ2v) is 6.88. The minimum atomic E-state index is -0.244. The number of H-pyrrole nitrogens is 1. The number of rotatable bonds is 6. The van der Waals surface area contributed by atoms with Crippen molar-refractivity contribution in [2.75, 3.05) is 0 Å². The highest BCUT2D eigenvalue weighted by Crippen LogP contribution is 2.21. The molecule has 1 heterocycles. The van der Waals surface area contributed by atoms with Gasteiger partial charge < -0.3 is 5.32 Å². The van der Waals surface area contributed by atoms with Crippen molar-refractivity contribution in [3.63, 3.8) is 0 Å². The lowest BCUT2D eigenvalue weighted by atomic mass is 9.96. The molecule has 0 saturated carbocycles. The molecule has 3 aromatic rings. The number of carbonyl (C=O) groups is 1. The Kier molecular flexibility index (Phi) is 5.46. The Morgan fingerprint density at radius 3 is 2.38 bits per heavy atom. The Bertz CT molecular complexity index is 948. The fraction of sp³-hybridized carbons (Fsp3) is 0.286. The van der Waals surface area contributed by atoms with Crippen LogP contribution >= 0.6 is 0 Å². The molecule has 1 amide bonds. The van der Waals surface area contributed by atoms with E-state index in [1.165, 1.54) is 0 Å². The SMILES string of the molecule is CC(C)CC(NC(=O)Cc1n[nH]c(=O)c2ccccc12)c1ccccc1. The Morgan fingerprint density at radius 2 is 1.69 bits per heavy atom. The summed E-state index contributed by atoms with van der Waals surface area (Å²) in [5.74, 6) is 0.344. The highest BCUT2D eigenvalue weighted by Gasteiger charge is 2.17. The maximum Gasteiger partial charge on any atom is 0.272 e. The second kappa shape index (κ2) is 7.95. The molecule has 2 N–H and O–H groups in total. The minimum Gasteiger partial charge on any atom is -0.349 e. The molecule has 1 atom stereocenters. The van der Waals surface area contributed by atoms with E-state index >= 15 is 0 Å². The molecule has 0 saturated heterocycles. The first-order valence-corrected chi connectivity index (χ1v) is 8.85. The van der Waals surface area contributed by atoms with Crippen molar-refractivity contribution in [1.29, 1.82) is 0 Å². The molecule has 5 nitrogen and oxygen atoms in total. The van der Waals surface area contributed by atoms with Crippen LogP contribution in [0.5, 0.6) is 0 Å². The summed E-state index contributed by atoms with van der Waals surface area (Å²) in [6, 6.07) is 17.1. The average Bonchev–Trinajstić information content (AvgIpc) is 2.64. The fourth-order valence-corrected chi connectivity index (χ4v) is 3.14. The van der Waals surface area contributed by atoms with Gasteiger partial charge in [0, 0.05) is 5.39 Å². The third-order valence-electron chi connectivity index (χ3n) is 4.35. The number of amides is 1. The second-order valence-electron chi connectivity index (χ2n) is 6.88. The van der Waals surface area contributed by atoms with E-state index in [2.05, 4.69) is 29.4 Å². The molecular weight excluding hydrogens is 326 g/mol. The van der Waals surface area contributed by atoms with Gasteiger partial charge in [-0.05, 0) is 24.0 Å². The molecule has 1 unspecified atom stereocenters. The van der Waals surface area contributed by atoms with E-state index in [4.69, 9.17) is 0 Å². The van der Waals surface area contributed by atoms with E-state index in [1.54, 1.807) is 12.1 Å². The van der Waals surface area contributed by atoms with Gasteiger partial charge in [-0.1, -0.05) is 62.4 Å². The van der Waals surface area contributed by atoms with Crippen molar-refractivity contribution in [2.24, 2.45) is 5.92 Å². The summed E-state index contributed by atoms with van der Waals surface area (Å²) in [5, 5.41) is 11.0. The van der Waals surface area contributed by atoms with Crippen LogP contribution in [0.25, 0.3) is 10.8 Å². The molecular formula is C21H23N3O2. The van der Waals surface area contributed by atoms with Crippen molar-refractivity contribution < 1.29 is 4.79 Å². The first-order chi connectivity index (χ1) is 12.5. The Hall–Kier alpha value is -2.95. The first kappa shape index (κ1) is 17.9. The van der Waals surface area contributed by atoms with Crippen molar-refractivity contribution >= 4 is 16.7 Å². The van der Waals surface area contributed by atoms with Crippen LogP contribution in [0.1, 0.15) is 37.6 Å². The van der Waals surface area contributed by atoms with Crippen LogP contribution in [-0.4, -0.2) is 16.1 Å². The number of hydrogen-bond acceptors (Lipinski definition) is 3. The summed E-state index contributed by atoms with van der Waals surface area (Å²) >= 11 is 0. The summed E-state index contributed by atoms with van der Waals surface area (Å²) in [6.45, 7) is 4.28. The zero-order valence-electron chi connectivity index (χ0n) is 15.0. The van der Waals surface area contributed by atoms with Crippen molar-refractivity contribution in [3.05, 3.63) is 76.2 Å². The standard InChI is InChI=1S/C21H23N3O2/c1-14(2)12-18(15-8-4-3-5-9-15)22-20(25)13-19-16-10-6-7-11-17(16)21(26)24-23-19/h3-11,14,18H,12-13H2,1-2H3,(H,22,25)(H,24,26). The predicted octanol–water partition coefficient (Wildman–Crippen LogP) is 3.37. The molecule has 3 rings (SSSR count). The topological polar surface area (TPSA) is 74.8 Å². The van der Waals surface area contributed by atoms with Crippen molar-refractivity contribution in [1.82, 2.24) is 15.5 Å². The van der Waals surface area contributed by atoms with Gasteiger partial charge in [0.2, 0.25) is 5.91 Å². The minimum absolute atomic E-state index is 0.0438. The molecule has 0 radical (unpaired) electrons. The van der Waals surface area contributed by atoms with Gasteiger partial charge in [0.1, 0.15) is 0 Å². The molecule has 134 valence electrons. The van der Waals surface area contributed by atoms with Crippen LogP contribution in [0, 0.1) is 5.92 Å². The number of aromatic nitrogens is 2. The summed E-state index contributed by atoms with van der Waals surface area (Å²) in [7, 11) is 0. The monoisotopic (exact) mass is 349 g/mol. The van der Waals surface area contributed by atoms with E-state index < -0.39 is 0 Å². The van der Waals surface area contributed by atoms with Crippen LogP contribution in [0.15, 0.2) is 59.4 Å². The smallest absolute Gasteiger partial charge is 0.272 e. The van der Waals surface area contributed by atoms with Gasteiger partial charge in [0.25, 0.3) is 5.56 Å². The summed E-state index contributed by atoms with van der Waals surface area (Å²) in [6.07, 6.45) is 0.980. The fourth-order valence-electron chi connectivity index (χ4n) is 3.14. The lowest BCUT2D eigenvalue weighted by Crippen LogP contribution is -2.31. The highest BCUT2D eigenvalue weighted by atomic mass is 16.1. The molecule has 0 aliphatic heterocycles. The van der Waals surface area contributed by atoms with Gasteiger partial charge in [-0.3, -0.25) is 9.59 Å². The van der Waals surface area contributed by atoms with E-state index in [0.717, 1.165) is 12.0 Å². The number of hydrogen-bond donors (Lipinski definition) is 2. The maximum atomic E-state index is 12.7. The molecule has 0 spiro atoms. The molecule has 26 heavy (non-hydrogen) atoms. The zero-order chi connectivity index (χ0) is 18.5. The molecule has 1 aromatic heterocycles. The van der Waals surface area contributed by atoms with Crippen LogP contribution in [0.3, 0.4) is 0 Å². The van der Waals surface area contributed by atoms with Crippen LogP contribution in [-0.2, 0) is 11.2 Å². The van der Waals surface area contributed by atoms with E-state index in [-0.39, 0.29) is 23.9 Å². The van der Waals surface area contributed by atoms with Gasteiger partial charge >= 0.3 is 0 Å². The Labute approximate surface area is 152 Å². The predicted molar refractivity (Wildman–Crippen MR) is 103 cm³/mol. The van der Waals surface area contributed by atoms with Crippen molar-refractivity contribution in [3.8, 4) is 0 Å². The van der Waals surface area contributed by atoms with Crippen LogP contribution in [0.2, 0.25) is 0 Å². The van der Waals surface area contributed by atoms with E-state index in [1.807, 2.05) is 42.5 Å². The lowest BCUT2D eigenvalue weighted by Gasteiger charge is -2.21.